The van der Waals surface area contributed by atoms with Crippen LogP contribution in [0.2, 0.25) is 0 Å². The zero-order valence-electron chi connectivity index (χ0n) is 10.7. The van der Waals surface area contributed by atoms with Gasteiger partial charge in [0.2, 0.25) is 0 Å². The standard InChI is InChI=1S/C15H11BrN2O2/c1-9-17-13-4-2-3-12(15(19)20)14(13)18(9)11-7-5-10(16)6-8-11/h2-8H,1H3,(H,19,20). The molecule has 20 heavy (non-hydrogen) atoms. The Morgan fingerprint density at radius 2 is 1.90 bits per heavy atom. The molecule has 4 nitrogen and oxygen atoms in total. The van der Waals surface area contributed by atoms with Crippen LogP contribution in [0, 0.1) is 6.92 Å². The maximum atomic E-state index is 11.4. The molecule has 0 aliphatic carbocycles. The third kappa shape index (κ3) is 2.00. The summed E-state index contributed by atoms with van der Waals surface area (Å²) in [6.07, 6.45) is 0. The van der Waals surface area contributed by atoms with Crippen LogP contribution in [0.3, 0.4) is 0 Å². The summed E-state index contributed by atoms with van der Waals surface area (Å²) < 4.78 is 2.84. The average Bonchev–Trinajstić information content (AvgIpc) is 2.75. The average molecular weight is 331 g/mol. The van der Waals surface area contributed by atoms with Gasteiger partial charge in [0.25, 0.3) is 0 Å². The summed E-state index contributed by atoms with van der Waals surface area (Å²) in [4.78, 5) is 15.9. The molecule has 2 aromatic carbocycles. The van der Waals surface area contributed by atoms with Crippen molar-refractivity contribution in [2.45, 2.75) is 6.92 Å². The number of aryl methyl sites for hydroxylation is 1. The molecule has 1 heterocycles. The van der Waals surface area contributed by atoms with E-state index in [0.717, 1.165) is 16.0 Å². The molecule has 0 bridgehead atoms. The van der Waals surface area contributed by atoms with Crippen molar-refractivity contribution in [3.05, 3.63) is 58.3 Å². The number of nitrogens with zero attached hydrogens (tertiary/aromatic N) is 2. The van der Waals surface area contributed by atoms with Gasteiger partial charge in [-0.3, -0.25) is 4.57 Å². The SMILES string of the molecule is Cc1nc2cccc(C(=O)O)c2n1-c1ccc(Br)cc1. The van der Waals surface area contributed by atoms with Crippen LogP contribution in [-0.4, -0.2) is 20.6 Å². The predicted octanol–water partition coefficient (Wildman–Crippen LogP) is 3.79. The van der Waals surface area contributed by atoms with Crippen molar-refractivity contribution in [2.75, 3.05) is 0 Å². The lowest BCUT2D eigenvalue weighted by Gasteiger charge is -2.08. The Bertz CT molecular complexity index is 807. The maximum absolute atomic E-state index is 11.4. The van der Waals surface area contributed by atoms with Crippen molar-refractivity contribution in [1.29, 1.82) is 0 Å². The molecule has 5 heteroatoms. The summed E-state index contributed by atoms with van der Waals surface area (Å²) in [5.74, 6) is -0.190. The van der Waals surface area contributed by atoms with E-state index < -0.39 is 5.97 Å². The number of carbonyl (C=O) groups is 1. The van der Waals surface area contributed by atoms with E-state index in [4.69, 9.17) is 0 Å². The number of hydrogen-bond donors (Lipinski definition) is 1. The van der Waals surface area contributed by atoms with Crippen LogP contribution in [0.15, 0.2) is 46.9 Å². The highest BCUT2D eigenvalue weighted by atomic mass is 79.9. The van der Waals surface area contributed by atoms with Gasteiger partial charge >= 0.3 is 5.97 Å². The summed E-state index contributed by atoms with van der Waals surface area (Å²) in [7, 11) is 0. The molecule has 0 saturated heterocycles. The van der Waals surface area contributed by atoms with E-state index >= 15 is 0 Å². The number of rotatable bonds is 2. The van der Waals surface area contributed by atoms with Crippen LogP contribution in [0.5, 0.6) is 0 Å². The van der Waals surface area contributed by atoms with Gasteiger partial charge in [-0.2, -0.15) is 0 Å². The molecule has 0 fully saturated rings. The monoisotopic (exact) mass is 330 g/mol. The van der Waals surface area contributed by atoms with E-state index in [-0.39, 0.29) is 5.56 Å². The summed E-state index contributed by atoms with van der Waals surface area (Å²) in [6, 6.07) is 12.8. The molecule has 1 aromatic heterocycles. The first-order valence-electron chi connectivity index (χ1n) is 6.05. The van der Waals surface area contributed by atoms with Crippen molar-refractivity contribution in [3.63, 3.8) is 0 Å². The van der Waals surface area contributed by atoms with Gasteiger partial charge in [0.05, 0.1) is 16.6 Å². The second-order valence-corrected chi connectivity index (χ2v) is 5.36. The Kier molecular flexibility index (Phi) is 3.06. The number of aromatic nitrogens is 2. The Morgan fingerprint density at radius 3 is 2.55 bits per heavy atom. The van der Waals surface area contributed by atoms with Gasteiger partial charge < -0.3 is 5.11 Å². The molecule has 0 aliphatic heterocycles. The highest BCUT2D eigenvalue weighted by Crippen LogP contribution is 2.25. The Labute approximate surface area is 123 Å². The maximum Gasteiger partial charge on any atom is 0.337 e. The third-order valence-electron chi connectivity index (χ3n) is 3.16. The lowest BCUT2D eigenvalue weighted by Crippen LogP contribution is -2.03. The number of carboxylic acids is 1. The number of benzene rings is 2. The van der Waals surface area contributed by atoms with Gasteiger partial charge in [-0.15, -0.1) is 0 Å². The number of halogens is 1. The lowest BCUT2D eigenvalue weighted by atomic mass is 10.2. The molecule has 3 rings (SSSR count). The number of aromatic carboxylic acids is 1. The van der Waals surface area contributed by atoms with Crippen molar-refractivity contribution >= 4 is 32.9 Å². The molecular formula is C15H11BrN2O2. The zero-order valence-corrected chi connectivity index (χ0v) is 12.3. The van der Waals surface area contributed by atoms with Gasteiger partial charge in [0.1, 0.15) is 5.82 Å². The Hall–Kier alpha value is -2.14. The fraction of sp³-hybridized carbons (Fsp3) is 0.0667. The second kappa shape index (κ2) is 4.76. The smallest absolute Gasteiger partial charge is 0.337 e. The van der Waals surface area contributed by atoms with Crippen LogP contribution in [0.25, 0.3) is 16.7 Å². The van der Waals surface area contributed by atoms with Crippen molar-refractivity contribution in [1.82, 2.24) is 9.55 Å². The molecule has 0 radical (unpaired) electrons. The first-order valence-corrected chi connectivity index (χ1v) is 6.84. The summed E-state index contributed by atoms with van der Waals surface area (Å²) >= 11 is 3.40. The Balaban J connectivity index is 2.37. The molecule has 0 atom stereocenters. The highest BCUT2D eigenvalue weighted by Gasteiger charge is 2.16. The minimum Gasteiger partial charge on any atom is -0.478 e. The van der Waals surface area contributed by atoms with Crippen molar-refractivity contribution < 1.29 is 9.90 Å². The summed E-state index contributed by atoms with van der Waals surface area (Å²) in [6.45, 7) is 1.87. The zero-order chi connectivity index (χ0) is 14.3. The highest BCUT2D eigenvalue weighted by molar-refractivity contribution is 9.10. The van der Waals surface area contributed by atoms with Crippen LogP contribution in [-0.2, 0) is 0 Å². The Morgan fingerprint density at radius 1 is 1.20 bits per heavy atom. The molecule has 0 amide bonds. The van der Waals surface area contributed by atoms with Crippen LogP contribution >= 0.6 is 15.9 Å². The van der Waals surface area contributed by atoms with E-state index in [1.54, 1.807) is 12.1 Å². The van der Waals surface area contributed by atoms with Crippen molar-refractivity contribution in [2.24, 2.45) is 0 Å². The first kappa shape index (κ1) is 12.9. The molecule has 0 aliphatic rings. The molecular weight excluding hydrogens is 320 g/mol. The largest absolute Gasteiger partial charge is 0.478 e. The number of hydrogen-bond acceptors (Lipinski definition) is 2. The second-order valence-electron chi connectivity index (χ2n) is 4.45. The van der Waals surface area contributed by atoms with Gasteiger partial charge in [-0.1, -0.05) is 22.0 Å². The van der Waals surface area contributed by atoms with Crippen LogP contribution in [0.1, 0.15) is 16.2 Å². The molecule has 1 N–H and O–H groups in total. The van der Waals surface area contributed by atoms with Crippen LogP contribution < -0.4 is 0 Å². The quantitative estimate of drug-likeness (QED) is 0.777. The number of fused-ring (bicyclic) bond motifs is 1. The van der Waals surface area contributed by atoms with Gasteiger partial charge in [-0.25, -0.2) is 9.78 Å². The van der Waals surface area contributed by atoms with Gasteiger partial charge in [-0.05, 0) is 43.3 Å². The molecule has 100 valence electrons. The summed E-state index contributed by atoms with van der Waals surface area (Å²) in [5.41, 5.74) is 2.46. The predicted molar refractivity (Wildman–Crippen MR) is 80.5 cm³/mol. The molecule has 3 aromatic rings. The molecule has 0 spiro atoms. The lowest BCUT2D eigenvalue weighted by molar-refractivity contribution is 0.0698. The summed E-state index contributed by atoms with van der Waals surface area (Å²) in [5, 5.41) is 9.36. The van der Waals surface area contributed by atoms with Crippen molar-refractivity contribution in [3.8, 4) is 5.69 Å². The molecule has 0 saturated carbocycles. The fourth-order valence-corrected chi connectivity index (χ4v) is 2.59. The first-order chi connectivity index (χ1) is 9.58. The molecule has 0 unspecified atom stereocenters. The minimum atomic E-state index is -0.950. The number of imidazole rings is 1. The van der Waals surface area contributed by atoms with Crippen LogP contribution in [0.4, 0.5) is 0 Å². The van der Waals surface area contributed by atoms with E-state index in [0.29, 0.717) is 11.0 Å². The number of para-hydroxylation sites is 1. The van der Waals surface area contributed by atoms with E-state index in [1.807, 2.05) is 41.8 Å². The van der Waals surface area contributed by atoms with E-state index in [9.17, 15) is 9.90 Å². The van der Waals surface area contributed by atoms with E-state index in [2.05, 4.69) is 20.9 Å². The van der Waals surface area contributed by atoms with E-state index in [1.165, 1.54) is 0 Å². The van der Waals surface area contributed by atoms with Gasteiger partial charge in [0, 0.05) is 10.2 Å². The van der Waals surface area contributed by atoms with Gasteiger partial charge in [0.15, 0.2) is 0 Å². The normalized spacial score (nSPS) is 10.9. The number of carboxylic acid groups (broad SMARTS) is 1. The minimum absolute atomic E-state index is 0.256. The topological polar surface area (TPSA) is 55.1 Å². The fourth-order valence-electron chi connectivity index (χ4n) is 2.32. The third-order valence-corrected chi connectivity index (χ3v) is 3.69.